The van der Waals surface area contributed by atoms with Crippen molar-refractivity contribution in [3.05, 3.63) is 64.2 Å². The number of nitrogens with one attached hydrogen (secondary N) is 1. The van der Waals surface area contributed by atoms with Crippen LogP contribution in [0.3, 0.4) is 0 Å². The molecule has 0 aliphatic carbocycles. The first-order valence-corrected chi connectivity index (χ1v) is 8.81. The quantitative estimate of drug-likeness (QED) is 0.556. The molecule has 3 aromatic heterocycles. The van der Waals surface area contributed by atoms with Gasteiger partial charge in [-0.15, -0.1) is 22.7 Å². The van der Waals surface area contributed by atoms with Crippen LogP contribution in [0.15, 0.2) is 53.5 Å². The molecule has 0 amide bonds. The summed E-state index contributed by atoms with van der Waals surface area (Å²) in [6.45, 7) is 0.725. The Balaban J connectivity index is 1.75. The van der Waals surface area contributed by atoms with E-state index in [1.807, 2.05) is 11.4 Å². The number of benzene rings is 1. The second-order valence-electron chi connectivity index (χ2n) is 4.99. The fraction of sp³-hybridized carbons (Fsp3) is 0.0588. The number of hydrogen-bond donors (Lipinski definition) is 1. The molecular formula is C17H12FN3S2. The Bertz CT molecular complexity index is 930. The van der Waals surface area contributed by atoms with Crippen molar-refractivity contribution in [3.8, 4) is 11.1 Å². The van der Waals surface area contributed by atoms with Gasteiger partial charge in [0, 0.05) is 15.8 Å². The summed E-state index contributed by atoms with van der Waals surface area (Å²) in [5.74, 6) is 0.574. The van der Waals surface area contributed by atoms with Crippen LogP contribution < -0.4 is 5.32 Å². The molecule has 114 valence electrons. The van der Waals surface area contributed by atoms with Crippen molar-refractivity contribution in [3.63, 3.8) is 0 Å². The van der Waals surface area contributed by atoms with Gasteiger partial charge in [0.25, 0.3) is 0 Å². The molecule has 23 heavy (non-hydrogen) atoms. The van der Waals surface area contributed by atoms with Crippen LogP contribution in [-0.4, -0.2) is 9.97 Å². The number of hydrogen-bond acceptors (Lipinski definition) is 5. The highest BCUT2D eigenvalue weighted by atomic mass is 32.1. The Hall–Kier alpha value is -2.31. The van der Waals surface area contributed by atoms with Crippen LogP contribution in [0.5, 0.6) is 0 Å². The van der Waals surface area contributed by atoms with E-state index in [4.69, 9.17) is 0 Å². The first-order valence-electron chi connectivity index (χ1n) is 7.05. The summed E-state index contributed by atoms with van der Waals surface area (Å²) in [7, 11) is 0. The summed E-state index contributed by atoms with van der Waals surface area (Å²) < 4.78 is 13.2. The average molecular weight is 341 g/mol. The zero-order valence-corrected chi connectivity index (χ0v) is 13.6. The normalized spacial score (nSPS) is 11.0. The molecule has 1 aromatic carbocycles. The molecule has 3 heterocycles. The highest BCUT2D eigenvalue weighted by molar-refractivity contribution is 7.17. The van der Waals surface area contributed by atoms with Crippen molar-refractivity contribution in [2.45, 2.75) is 6.54 Å². The van der Waals surface area contributed by atoms with E-state index in [0.29, 0.717) is 0 Å². The van der Waals surface area contributed by atoms with E-state index in [9.17, 15) is 4.39 Å². The Kier molecular flexibility index (Phi) is 3.77. The van der Waals surface area contributed by atoms with Crippen molar-refractivity contribution >= 4 is 38.7 Å². The summed E-state index contributed by atoms with van der Waals surface area (Å²) in [6, 6.07) is 10.6. The van der Waals surface area contributed by atoms with Crippen LogP contribution in [0.4, 0.5) is 10.2 Å². The van der Waals surface area contributed by atoms with E-state index in [1.54, 1.807) is 41.1 Å². The molecule has 4 rings (SSSR count). The molecule has 4 aromatic rings. The Morgan fingerprint density at radius 3 is 2.70 bits per heavy atom. The SMILES string of the molecule is Fc1ccc(-c2csc3ncnc(NCc4cccs4)c23)cc1. The number of fused-ring (bicyclic) bond motifs is 1. The van der Waals surface area contributed by atoms with E-state index in [2.05, 4.69) is 26.7 Å². The van der Waals surface area contributed by atoms with E-state index in [1.165, 1.54) is 17.0 Å². The zero-order chi connectivity index (χ0) is 15.6. The third kappa shape index (κ3) is 2.83. The number of nitrogens with zero attached hydrogens (tertiary/aromatic N) is 2. The van der Waals surface area contributed by atoms with E-state index in [0.717, 1.165) is 33.7 Å². The lowest BCUT2D eigenvalue weighted by Crippen LogP contribution is -2.00. The fourth-order valence-corrected chi connectivity index (χ4v) is 4.00. The molecule has 0 radical (unpaired) electrons. The molecule has 0 bridgehead atoms. The van der Waals surface area contributed by atoms with Gasteiger partial charge in [0.1, 0.15) is 22.8 Å². The first kappa shape index (κ1) is 14.3. The average Bonchev–Trinajstić information content (AvgIpc) is 3.23. The Labute approximate surface area is 140 Å². The number of rotatable bonds is 4. The fourth-order valence-electron chi connectivity index (χ4n) is 2.44. The maximum absolute atomic E-state index is 13.2. The largest absolute Gasteiger partial charge is 0.365 e. The second kappa shape index (κ2) is 6.06. The molecule has 1 N–H and O–H groups in total. The van der Waals surface area contributed by atoms with Crippen LogP contribution in [0.25, 0.3) is 21.3 Å². The van der Waals surface area contributed by atoms with Gasteiger partial charge in [-0.3, -0.25) is 0 Å². The first-order chi connectivity index (χ1) is 11.3. The van der Waals surface area contributed by atoms with Gasteiger partial charge in [-0.05, 0) is 29.1 Å². The molecule has 0 fully saturated rings. The minimum absolute atomic E-state index is 0.236. The lowest BCUT2D eigenvalue weighted by atomic mass is 10.1. The molecule has 0 saturated carbocycles. The van der Waals surface area contributed by atoms with Gasteiger partial charge in [0.15, 0.2) is 0 Å². The number of thiophene rings is 2. The van der Waals surface area contributed by atoms with E-state index >= 15 is 0 Å². The summed E-state index contributed by atoms with van der Waals surface area (Å²) in [5.41, 5.74) is 1.99. The smallest absolute Gasteiger partial charge is 0.139 e. The minimum Gasteiger partial charge on any atom is -0.365 e. The summed E-state index contributed by atoms with van der Waals surface area (Å²) in [4.78, 5) is 10.9. The minimum atomic E-state index is -0.236. The van der Waals surface area contributed by atoms with Gasteiger partial charge in [0.2, 0.25) is 0 Å². The third-order valence-electron chi connectivity index (χ3n) is 3.54. The molecule has 0 atom stereocenters. The van der Waals surface area contributed by atoms with Gasteiger partial charge in [-0.2, -0.15) is 0 Å². The van der Waals surface area contributed by atoms with Crippen molar-refractivity contribution < 1.29 is 4.39 Å². The molecule has 3 nitrogen and oxygen atoms in total. The van der Waals surface area contributed by atoms with Gasteiger partial charge in [-0.25, -0.2) is 14.4 Å². The lowest BCUT2D eigenvalue weighted by Gasteiger charge is -2.07. The van der Waals surface area contributed by atoms with Crippen LogP contribution in [0.2, 0.25) is 0 Å². The molecule has 0 aliphatic heterocycles. The monoisotopic (exact) mass is 341 g/mol. The van der Waals surface area contributed by atoms with Crippen molar-refractivity contribution in [2.75, 3.05) is 5.32 Å². The summed E-state index contributed by atoms with van der Waals surface area (Å²) >= 11 is 3.28. The van der Waals surface area contributed by atoms with Crippen LogP contribution in [0, 0.1) is 5.82 Å². The molecule has 0 spiro atoms. The van der Waals surface area contributed by atoms with Crippen LogP contribution >= 0.6 is 22.7 Å². The van der Waals surface area contributed by atoms with Gasteiger partial charge in [0.05, 0.1) is 11.9 Å². The number of anilines is 1. The predicted octanol–water partition coefficient (Wildman–Crippen LogP) is 5.17. The molecular weight excluding hydrogens is 329 g/mol. The van der Waals surface area contributed by atoms with Crippen molar-refractivity contribution in [1.29, 1.82) is 0 Å². The second-order valence-corrected chi connectivity index (χ2v) is 6.88. The van der Waals surface area contributed by atoms with Gasteiger partial charge < -0.3 is 5.32 Å². The molecule has 0 unspecified atom stereocenters. The molecule has 0 aliphatic rings. The number of halogens is 1. The highest BCUT2D eigenvalue weighted by Crippen LogP contribution is 2.36. The zero-order valence-electron chi connectivity index (χ0n) is 12.0. The number of aromatic nitrogens is 2. The maximum atomic E-state index is 13.2. The standard InChI is InChI=1S/C17H12FN3S2/c18-12-5-3-11(4-6-12)14-9-23-17-15(14)16(20-10-21-17)19-8-13-2-1-7-22-13/h1-7,9-10H,8H2,(H,19,20,21). The van der Waals surface area contributed by atoms with Crippen molar-refractivity contribution in [1.82, 2.24) is 9.97 Å². The Morgan fingerprint density at radius 1 is 1.04 bits per heavy atom. The molecule has 0 saturated heterocycles. The van der Waals surface area contributed by atoms with Gasteiger partial charge in [-0.1, -0.05) is 18.2 Å². The predicted molar refractivity (Wildman–Crippen MR) is 94.5 cm³/mol. The molecule has 6 heteroatoms. The van der Waals surface area contributed by atoms with Crippen LogP contribution in [0.1, 0.15) is 4.88 Å². The maximum Gasteiger partial charge on any atom is 0.139 e. The van der Waals surface area contributed by atoms with Crippen molar-refractivity contribution in [2.24, 2.45) is 0 Å². The van der Waals surface area contributed by atoms with E-state index < -0.39 is 0 Å². The highest BCUT2D eigenvalue weighted by Gasteiger charge is 2.13. The summed E-state index contributed by atoms with van der Waals surface area (Å²) in [5, 5.41) is 8.48. The third-order valence-corrected chi connectivity index (χ3v) is 5.30. The Morgan fingerprint density at radius 2 is 1.91 bits per heavy atom. The van der Waals surface area contributed by atoms with Gasteiger partial charge >= 0.3 is 0 Å². The van der Waals surface area contributed by atoms with Crippen LogP contribution in [-0.2, 0) is 6.54 Å². The lowest BCUT2D eigenvalue weighted by molar-refractivity contribution is 0.628. The van der Waals surface area contributed by atoms with E-state index in [-0.39, 0.29) is 5.82 Å². The summed E-state index contributed by atoms with van der Waals surface area (Å²) in [6.07, 6.45) is 1.57. The topological polar surface area (TPSA) is 37.8 Å².